The van der Waals surface area contributed by atoms with Crippen LogP contribution in [0.15, 0.2) is 9.42 Å². The Bertz CT molecular complexity index is 522. The number of aromatic nitrogens is 1. The number of sulfonamides is 1. The summed E-state index contributed by atoms with van der Waals surface area (Å²) in [6, 6.07) is -0.220. The zero-order chi connectivity index (χ0) is 14.0. The van der Waals surface area contributed by atoms with Crippen molar-refractivity contribution in [2.24, 2.45) is 0 Å². The molecule has 0 aromatic carbocycles. The summed E-state index contributed by atoms with van der Waals surface area (Å²) in [5.41, 5.74) is 0.379. The maximum atomic E-state index is 12.4. The van der Waals surface area contributed by atoms with E-state index in [4.69, 9.17) is 16.1 Å². The Balaban J connectivity index is 2.21. The molecule has 0 radical (unpaired) electrons. The van der Waals surface area contributed by atoms with Crippen LogP contribution in [0.1, 0.15) is 43.6 Å². The Morgan fingerprint density at radius 2 is 1.95 bits per heavy atom. The van der Waals surface area contributed by atoms with E-state index in [0.717, 1.165) is 32.1 Å². The largest absolute Gasteiger partial charge is 0.360 e. The van der Waals surface area contributed by atoms with E-state index in [9.17, 15) is 8.42 Å². The molecular weight excluding hydrogens is 288 g/mol. The van der Waals surface area contributed by atoms with Gasteiger partial charge in [-0.15, -0.1) is 11.6 Å². The minimum atomic E-state index is -3.62. The molecule has 0 saturated heterocycles. The van der Waals surface area contributed by atoms with Gasteiger partial charge >= 0.3 is 0 Å². The van der Waals surface area contributed by atoms with Gasteiger partial charge in [0, 0.05) is 11.4 Å². The van der Waals surface area contributed by atoms with E-state index in [1.165, 1.54) is 0 Å². The van der Waals surface area contributed by atoms with Gasteiger partial charge in [-0.1, -0.05) is 24.4 Å². The van der Waals surface area contributed by atoms with Crippen LogP contribution < -0.4 is 4.72 Å². The number of nitrogens with zero attached hydrogens (tertiary/aromatic N) is 1. The van der Waals surface area contributed by atoms with Crippen LogP contribution >= 0.6 is 11.6 Å². The predicted octanol–water partition coefficient (Wildman–Crippen LogP) is 2.51. The van der Waals surface area contributed by atoms with Crippen molar-refractivity contribution in [1.29, 1.82) is 0 Å². The summed E-state index contributed by atoms with van der Waals surface area (Å²) < 4.78 is 32.4. The van der Waals surface area contributed by atoms with E-state index in [-0.39, 0.29) is 16.3 Å². The van der Waals surface area contributed by atoms with E-state index >= 15 is 0 Å². The van der Waals surface area contributed by atoms with Crippen molar-refractivity contribution in [3.8, 4) is 0 Å². The third-order valence-electron chi connectivity index (χ3n) is 3.47. The summed E-state index contributed by atoms with van der Waals surface area (Å²) in [6.07, 6.45) is 4.77. The van der Waals surface area contributed by atoms with Crippen molar-refractivity contribution in [1.82, 2.24) is 9.88 Å². The second-order valence-corrected chi connectivity index (χ2v) is 7.25. The molecule has 0 spiro atoms. The SMILES string of the molecule is Cc1noc(C)c1S(=O)(=O)NC1CCCCCC1Cl. The lowest BCUT2D eigenvalue weighted by atomic mass is 10.1. The lowest BCUT2D eigenvalue weighted by Crippen LogP contribution is -2.40. The highest BCUT2D eigenvalue weighted by Crippen LogP contribution is 2.25. The van der Waals surface area contributed by atoms with Crippen LogP contribution in [0.5, 0.6) is 0 Å². The number of alkyl halides is 1. The van der Waals surface area contributed by atoms with Crippen molar-refractivity contribution in [2.45, 2.75) is 62.3 Å². The molecule has 7 heteroatoms. The van der Waals surface area contributed by atoms with Gasteiger partial charge in [-0.05, 0) is 26.7 Å². The molecule has 1 fully saturated rings. The second kappa shape index (κ2) is 5.81. The monoisotopic (exact) mass is 306 g/mol. The Kier molecular flexibility index (Phi) is 4.53. The fourth-order valence-electron chi connectivity index (χ4n) is 2.51. The molecule has 5 nitrogen and oxygen atoms in total. The highest BCUT2D eigenvalue weighted by Gasteiger charge is 2.30. The first-order chi connectivity index (χ1) is 8.92. The Labute approximate surface area is 118 Å². The van der Waals surface area contributed by atoms with E-state index in [0.29, 0.717) is 11.5 Å². The molecule has 2 atom stereocenters. The van der Waals surface area contributed by atoms with Crippen LogP contribution in [0.3, 0.4) is 0 Å². The Morgan fingerprint density at radius 1 is 1.26 bits per heavy atom. The predicted molar refractivity (Wildman–Crippen MR) is 72.8 cm³/mol. The van der Waals surface area contributed by atoms with Gasteiger partial charge in [0.25, 0.3) is 0 Å². The van der Waals surface area contributed by atoms with Gasteiger partial charge in [0.1, 0.15) is 10.6 Å². The summed E-state index contributed by atoms with van der Waals surface area (Å²) in [6.45, 7) is 3.22. The summed E-state index contributed by atoms with van der Waals surface area (Å²) in [5.74, 6) is 0.310. The van der Waals surface area contributed by atoms with Crippen LogP contribution in [0.2, 0.25) is 0 Å². The van der Waals surface area contributed by atoms with Gasteiger partial charge in [0.05, 0.1) is 0 Å². The maximum absolute atomic E-state index is 12.4. The molecule has 1 N–H and O–H groups in total. The maximum Gasteiger partial charge on any atom is 0.246 e. The van der Waals surface area contributed by atoms with Crippen molar-refractivity contribution in [2.75, 3.05) is 0 Å². The standard InChI is InChI=1S/C12H19ClN2O3S/c1-8-12(9(2)18-14-8)19(16,17)15-11-7-5-3-4-6-10(11)13/h10-11,15H,3-7H2,1-2H3. The molecule has 1 aromatic rings. The fraction of sp³-hybridized carbons (Fsp3) is 0.750. The molecule has 19 heavy (non-hydrogen) atoms. The van der Waals surface area contributed by atoms with Crippen LogP contribution in [-0.4, -0.2) is 25.0 Å². The number of rotatable bonds is 3. The number of halogens is 1. The molecule has 2 rings (SSSR count). The molecule has 1 aliphatic carbocycles. The van der Waals surface area contributed by atoms with Gasteiger partial charge in [-0.2, -0.15) is 0 Å². The first kappa shape index (κ1) is 14.8. The average Bonchev–Trinajstić information content (AvgIpc) is 2.54. The van der Waals surface area contributed by atoms with Crippen LogP contribution in [0.4, 0.5) is 0 Å². The molecule has 1 saturated carbocycles. The lowest BCUT2D eigenvalue weighted by molar-refractivity contribution is 0.390. The van der Waals surface area contributed by atoms with Gasteiger partial charge in [0.2, 0.25) is 10.0 Å². The number of nitrogens with one attached hydrogen (secondary N) is 1. The van der Waals surface area contributed by atoms with Gasteiger partial charge in [0.15, 0.2) is 5.76 Å². The zero-order valence-corrected chi connectivity index (χ0v) is 12.7. The normalized spacial score (nSPS) is 25.2. The number of hydrogen-bond acceptors (Lipinski definition) is 4. The van der Waals surface area contributed by atoms with Crippen LogP contribution in [0.25, 0.3) is 0 Å². The molecule has 1 heterocycles. The molecule has 1 aliphatic rings. The van der Waals surface area contributed by atoms with Gasteiger partial charge in [-0.25, -0.2) is 13.1 Å². The Morgan fingerprint density at radius 3 is 2.58 bits per heavy atom. The van der Waals surface area contributed by atoms with Crippen molar-refractivity contribution in [3.63, 3.8) is 0 Å². The molecule has 0 aliphatic heterocycles. The molecule has 1 aromatic heterocycles. The molecular formula is C12H19ClN2O3S. The third kappa shape index (κ3) is 3.30. The van der Waals surface area contributed by atoms with E-state index < -0.39 is 10.0 Å². The Hall–Kier alpha value is -0.590. The molecule has 2 unspecified atom stereocenters. The molecule has 0 bridgehead atoms. The van der Waals surface area contributed by atoms with Crippen molar-refractivity contribution < 1.29 is 12.9 Å². The first-order valence-electron chi connectivity index (χ1n) is 6.51. The highest BCUT2D eigenvalue weighted by atomic mass is 35.5. The molecule has 0 amide bonds. The smallest absolute Gasteiger partial charge is 0.246 e. The minimum absolute atomic E-state index is 0.139. The van der Waals surface area contributed by atoms with Gasteiger partial charge < -0.3 is 4.52 Å². The first-order valence-corrected chi connectivity index (χ1v) is 8.43. The summed E-state index contributed by atoms with van der Waals surface area (Å²) >= 11 is 6.27. The average molecular weight is 307 g/mol. The summed E-state index contributed by atoms with van der Waals surface area (Å²) in [4.78, 5) is 0.139. The van der Waals surface area contributed by atoms with E-state index in [1.54, 1.807) is 13.8 Å². The quantitative estimate of drug-likeness (QED) is 0.688. The molecule has 108 valence electrons. The van der Waals surface area contributed by atoms with Crippen LogP contribution in [0, 0.1) is 13.8 Å². The topological polar surface area (TPSA) is 72.2 Å². The number of hydrogen-bond donors (Lipinski definition) is 1. The second-order valence-electron chi connectivity index (χ2n) is 5.04. The van der Waals surface area contributed by atoms with Crippen molar-refractivity contribution >= 4 is 21.6 Å². The lowest BCUT2D eigenvalue weighted by Gasteiger charge is -2.20. The third-order valence-corrected chi connectivity index (χ3v) is 5.73. The van der Waals surface area contributed by atoms with Crippen LogP contribution in [-0.2, 0) is 10.0 Å². The van der Waals surface area contributed by atoms with Gasteiger partial charge in [-0.3, -0.25) is 0 Å². The van der Waals surface area contributed by atoms with E-state index in [1.807, 2.05) is 0 Å². The summed E-state index contributed by atoms with van der Waals surface area (Å²) in [5, 5.41) is 3.53. The zero-order valence-electron chi connectivity index (χ0n) is 11.1. The van der Waals surface area contributed by atoms with E-state index in [2.05, 4.69) is 9.88 Å². The minimum Gasteiger partial charge on any atom is -0.360 e. The summed E-state index contributed by atoms with van der Waals surface area (Å²) in [7, 11) is -3.62. The highest BCUT2D eigenvalue weighted by molar-refractivity contribution is 7.89. The van der Waals surface area contributed by atoms with Crippen molar-refractivity contribution in [3.05, 3.63) is 11.5 Å². The fourth-order valence-corrected chi connectivity index (χ4v) is 4.57. The number of aryl methyl sites for hydroxylation is 2.